The van der Waals surface area contributed by atoms with Crippen LogP contribution in [-0.2, 0) is 4.79 Å². The zero-order valence-corrected chi connectivity index (χ0v) is 16.4. The zero-order valence-electron chi connectivity index (χ0n) is 14.8. The number of nitrogens with zero attached hydrogens (tertiary/aromatic N) is 4. The fourth-order valence-corrected chi connectivity index (χ4v) is 3.78. The molecule has 0 aromatic carbocycles. The summed E-state index contributed by atoms with van der Waals surface area (Å²) in [5.41, 5.74) is 2.29. The summed E-state index contributed by atoms with van der Waals surface area (Å²) in [6.07, 6.45) is 0.298. The van der Waals surface area contributed by atoms with Gasteiger partial charge in [-0.1, -0.05) is 0 Å². The Morgan fingerprint density at radius 2 is 2.19 bits per heavy atom. The molecule has 5 nitrogen and oxygen atoms in total. The summed E-state index contributed by atoms with van der Waals surface area (Å²) in [6, 6.07) is 3.70. The van der Waals surface area contributed by atoms with Gasteiger partial charge in [-0.25, -0.2) is 0 Å². The maximum absolute atomic E-state index is 12.7. The van der Waals surface area contributed by atoms with Gasteiger partial charge >= 0.3 is 6.18 Å². The lowest BCUT2D eigenvalue weighted by Crippen LogP contribution is -2.47. The van der Waals surface area contributed by atoms with Crippen molar-refractivity contribution in [3.63, 3.8) is 0 Å². The third-order valence-electron chi connectivity index (χ3n) is 4.70. The van der Waals surface area contributed by atoms with Crippen molar-refractivity contribution >= 4 is 38.6 Å². The predicted molar refractivity (Wildman–Crippen MR) is 100 cm³/mol. The van der Waals surface area contributed by atoms with Gasteiger partial charge in [0.25, 0.3) is 0 Å². The van der Waals surface area contributed by atoms with Crippen molar-refractivity contribution in [3.05, 3.63) is 29.0 Å². The number of anilines is 1. The van der Waals surface area contributed by atoms with Gasteiger partial charge in [0, 0.05) is 36.5 Å². The molecule has 1 aliphatic rings. The molecule has 1 unspecified atom stereocenters. The van der Waals surface area contributed by atoms with E-state index in [-0.39, 0.29) is 6.54 Å². The van der Waals surface area contributed by atoms with Gasteiger partial charge in [0.05, 0.1) is 17.1 Å². The van der Waals surface area contributed by atoms with Crippen LogP contribution in [0, 0.1) is 5.92 Å². The number of aromatic nitrogens is 2. The minimum absolute atomic E-state index is 0.0443. The van der Waals surface area contributed by atoms with E-state index in [0.717, 1.165) is 39.1 Å². The number of amides is 1. The van der Waals surface area contributed by atoms with Crippen LogP contribution in [0.1, 0.15) is 19.8 Å². The lowest BCUT2D eigenvalue weighted by atomic mass is 9.95. The number of hydrogen-bond donors (Lipinski definition) is 0. The Balaban J connectivity index is 1.81. The molecule has 1 atom stereocenters. The number of piperidine rings is 1. The molecule has 1 aliphatic heterocycles. The first kappa shape index (κ1) is 19.9. The van der Waals surface area contributed by atoms with Crippen LogP contribution in [-0.4, -0.2) is 53.1 Å². The second-order valence-corrected chi connectivity index (χ2v) is 7.52. The van der Waals surface area contributed by atoms with Gasteiger partial charge in [-0.15, -0.1) is 0 Å². The van der Waals surface area contributed by atoms with Gasteiger partial charge in [-0.05, 0) is 47.8 Å². The van der Waals surface area contributed by atoms with Gasteiger partial charge < -0.3 is 9.80 Å². The highest BCUT2D eigenvalue weighted by molar-refractivity contribution is 9.10. The summed E-state index contributed by atoms with van der Waals surface area (Å²) in [5, 5.41) is 0. The van der Waals surface area contributed by atoms with Gasteiger partial charge in [0.2, 0.25) is 5.91 Å². The van der Waals surface area contributed by atoms with Crippen molar-refractivity contribution < 1.29 is 18.0 Å². The summed E-state index contributed by atoms with van der Waals surface area (Å²) in [5.74, 6) is -0.895. The van der Waals surface area contributed by atoms with Crippen LogP contribution in [0.2, 0.25) is 0 Å². The first-order valence-electron chi connectivity index (χ1n) is 8.79. The van der Waals surface area contributed by atoms with E-state index in [1.54, 1.807) is 19.3 Å². The average Bonchev–Trinajstić information content (AvgIpc) is 2.64. The monoisotopic (exact) mass is 444 g/mol. The molecule has 2 aromatic heterocycles. The van der Waals surface area contributed by atoms with E-state index in [1.807, 2.05) is 17.0 Å². The molecule has 3 heterocycles. The standard InChI is InChI=1S/C18H20BrF3N4O/c1-2-25(11-18(20,21)22)17(27)12-4-3-7-26(10-12)15-5-6-23-14-8-13(19)9-24-16(14)15/h5-6,8-9,12H,2-4,7,10-11H2,1H3. The Kier molecular flexibility index (Phi) is 5.88. The molecule has 0 saturated carbocycles. The van der Waals surface area contributed by atoms with E-state index in [4.69, 9.17) is 0 Å². The third kappa shape index (κ3) is 4.69. The number of fused-ring (bicyclic) bond motifs is 1. The van der Waals surface area contributed by atoms with Crippen LogP contribution in [0.15, 0.2) is 29.0 Å². The van der Waals surface area contributed by atoms with Crippen LogP contribution < -0.4 is 4.90 Å². The number of pyridine rings is 2. The van der Waals surface area contributed by atoms with Crippen molar-refractivity contribution in [2.24, 2.45) is 5.92 Å². The molecule has 146 valence electrons. The van der Waals surface area contributed by atoms with Gasteiger partial charge in [0.1, 0.15) is 12.1 Å². The van der Waals surface area contributed by atoms with E-state index in [1.165, 1.54) is 0 Å². The Hall–Kier alpha value is -1.90. The molecule has 1 fully saturated rings. The SMILES string of the molecule is CCN(CC(F)(F)F)C(=O)C1CCCN(c2ccnc3cc(Br)cnc23)C1. The maximum Gasteiger partial charge on any atom is 0.406 e. The van der Waals surface area contributed by atoms with Crippen LogP contribution >= 0.6 is 15.9 Å². The quantitative estimate of drug-likeness (QED) is 0.714. The Labute approximate surface area is 163 Å². The van der Waals surface area contributed by atoms with Crippen LogP contribution in [0.3, 0.4) is 0 Å². The van der Waals surface area contributed by atoms with Crippen molar-refractivity contribution in [3.8, 4) is 0 Å². The Morgan fingerprint density at radius 1 is 1.41 bits per heavy atom. The smallest absolute Gasteiger partial charge is 0.369 e. The summed E-state index contributed by atoms with van der Waals surface area (Å²) in [4.78, 5) is 24.3. The van der Waals surface area contributed by atoms with Crippen molar-refractivity contribution in [2.45, 2.75) is 25.9 Å². The second kappa shape index (κ2) is 8.00. The van der Waals surface area contributed by atoms with Gasteiger partial charge in [0.15, 0.2) is 0 Å². The third-order valence-corrected chi connectivity index (χ3v) is 5.13. The zero-order chi connectivity index (χ0) is 19.6. The van der Waals surface area contributed by atoms with E-state index in [9.17, 15) is 18.0 Å². The number of alkyl halides is 3. The minimum atomic E-state index is -4.39. The summed E-state index contributed by atoms with van der Waals surface area (Å²) in [7, 11) is 0. The minimum Gasteiger partial charge on any atom is -0.369 e. The lowest BCUT2D eigenvalue weighted by molar-refractivity contribution is -0.163. The summed E-state index contributed by atoms with van der Waals surface area (Å²) in [6.45, 7) is 1.52. The molecule has 1 amide bonds. The molecule has 0 aliphatic carbocycles. The highest BCUT2D eigenvalue weighted by Gasteiger charge is 2.36. The fraction of sp³-hybridized carbons (Fsp3) is 0.500. The summed E-state index contributed by atoms with van der Waals surface area (Å²) >= 11 is 3.37. The molecular weight excluding hydrogens is 425 g/mol. The predicted octanol–water partition coefficient (Wildman–Crippen LogP) is 4.02. The largest absolute Gasteiger partial charge is 0.406 e. The second-order valence-electron chi connectivity index (χ2n) is 6.60. The molecular formula is C18H20BrF3N4O. The highest BCUT2D eigenvalue weighted by Crippen LogP contribution is 2.30. The fourth-order valence-electron chi connectivity index (χ4n) is 3.46. The molecule has 1 saturated heterocycles. The Morgan fingerprint density at radius 3 is 2.89 bits per heavy atom. The molecule has 2 aromatic rings. The molecule has 27 heavy (non-hydrogen) atoms. The summed E-state index contributed by atoms with van der Waals surface area (Å²) < 4.78 is 39.1. The van der Waals surface area contributed by atoms with E-state index in [2.05, 4.69) is 25.9 Å². The maximum atomic E-state index is 12.7. The number of halogens is 4. The Bertz CT molecular complexity index is 830. The van der Waals surface area contributed by atoms with Crippen LogP contribution in [0.25, 0.3) is 11.0 Å². The van der Waals surface area contributed by atoms with E-state index >= 15 is 0 Å². The number of rotatable bonds is 4. The topological polar surface area (TPSA) is 49.3 Å². The van der Waals surface area contributed by atoms with E-state index in [0.29, 0.717) is 13.0 Å². The first-order chi connectivity index (χ1) is 12.8. The van der Waals surface area contributed by atoms with Gasteiger partial charge in [-0.2, -0.15) is 13.2 Å². The lowest BCUT2D eigenvalue weighted by Gasteiger charge is -2.36. The molecule has 0 N–H and O–H groups in total. The van der Waals surface area contributed by atoms with E-state index < -0.39 is 24.5 Å². The van der Waals surface area contributed by atoms with Crippen molar-refractivity contribution in [2.75, 3.05) is 31.1 Å². The molecule has 3 rings (SSSR count). The van der Waals surface area contributed by atoms with Crippen molar-refractivity contribution in [1.29, 1.82) is 0 Å². The average molecular weight is 445 g/mol. The number of carbonyl (C=O) groups excluding carboxylic acids is 1. The normalized spacial score (nSPS) is 18.0. The highest BCUT2D eigenvalue weighted by atomic mass is 79.9. The van der Waals surface area contributed by atoms with Gasteiger partial charge in [-0.3, -0.25) is 14.8 Å². The molecule has 0 radical (unpaired) electrons. The number of hydrogen-bond acceptors (Lipinski definition) is 4. The first-order valence-corrected chi connectivity index (χ1v) is 9.58. The molecule has 0 spiro atoms. The molecule has 9 heteroatoms. The number of carbonyl (C=O) groups is 1. The van der Waals surface area contributed by atoms with Crippen LogP contribution in [0.5, 0.6) is 0 Å². The molecule has 0 bridgehead atoms. The van der Waals surface area contributed by atoms with Crippen molar-refractivity contribution in [1.82, 2.24) is 14.9 Å². The van der Waals surface area contributed by atoms with Crippen LogP contribution in [0.4, 0.5) is 18.9 Å².